The van der Waals surface area contributed by atoms with E-state index in [1.165, 1.54) is 5.56 Å². The number of rotatable bonds is 6. The van der Waals surface area contributed by atoms with Crippen LogP contribution in [0.1, 0.15) is 40.0 Å². The maximum absolute atomic E-state index is 12.8. The zero-order valence-corrected chi connectivity index (χ0v) is 20.6. The Morgan fingerprint density at radius 3 is 2.50 bits per heavy atom. The Morgan fingerprint density at radius 1 is 0.861 bits per heavy atom. The molecule has 0 aliphatic rings. The van der Waals surface area contributed by atoms with Gasteiger partial charge in [0.25, 0.3) is 5.91 Å². The van der Waals surface area contributed by atoms with Gasteiger partial charge in [0.05, 0.1) is 11.6 Å². The first-order valence-corrected chi connectivity index (χ1v) is 12.0. The van der Waals surface area contributed by atoms with Crippen molar-refractivity contribution in [1.29, 1.82) is 0 Å². The van der Waals surface area contributed by atoms with Crippen LogP contribution in [-0.4, -0.2) is 15.9 Å². The van der Waals surface area contributed by atoms with Crippen LogP contribution in [0.3, 0.4) is 0 Å². The monoisotopic (exact) mass is 472 g/mol. The van der Waals surface area contributed by atoms with Gasteiger partial charge in [-0.1, -0.05) is 54.1 Å². The number of hydrogen-bond donors (Lipinski definition) is 2. The van der Waals surface area contributed by atoms with Crippen LogP contribution in [0, 0.1) is 13.8 Å². The van der Waals surface area contributed by atoms with Gasteiger partial charge in [0, 0.05) is 22.8 Å². The lowest BCUT2D eigenvalue weighted by atomic mass is 9.95. The average Bonchev–Trinajstić information content (AvgIpc) is 2.89. The predicted octanol–water partition coefficient (Wildman–Crippen LogP) is 7.15. The minimum absolute atomic E-state index is 0.0731. The molecule has 5 rings (SSSR count). The molecule has 2 N–H and O–H groups in total. The second-order valence-electron chi connectivity index (χ2n) is 9.10. The lowest BCUT2D eigenvalue weighted by molar-refractivity contribution is 0.0940. The number of nitrogens with zero attached hydrogens (tertiary/aromatic N) is 2. The second-order valence-corrected chi connectivity index (χ2v) is 9.10. The molecule has 4 aromatic carbocycles. The quantitative estimate of drug-likeness (QED) is 0.275. The summed E-state index contributed by atoms with van der Waals surface area (Å²) in [7, 11) is 0. The number of amides is 1. The lowest BCUT2D eigenvalue weighted by Gasteiger charge is -2.17. The van der Waals surface area contributed by atoms with E-state index in [0.29, 0.717) is 11.5 Å². The second kappa shape index (κ2) is 10.0. The molecule has 0 saturated heterocycles. The molecule has 1 heterocycles. The minimum atomic E-state index is -0.132. The Balaban J connectivity index is 1.38. The highest BCUT2D eigenvalue weighted by atomic mass is 16.1. The Kier molecular flexibility index (Phi) is 6.46. The van der Waals surface area contributed by atoms with Crippen molar-refractivity contribution in [2.75, 3.05) is 5.32 Å². The molecule has 1 amide bonds. The summed E-state index contributed by atoms with van der Waals surface area (Å²) in [6, 6.07) is 30.0. The van der Waals surface area contributed by atoms with E-state index in [4.69, 9.17) is 0 Å². The molecular weight excluding hydrogens is 444 g/mol. The number of anilines is 2. The standard InChI is InChI=1S/C31H28N4O/c1-20-8-7-9-25(16-20)30(36)33-22(3)23-13-12-21(2)28(18-23)24-14-15-29-26(17-24)19-32-31(35-29)34-27-10-5-4-6-11-27/h4-19,22H,1-3H3,(H,33,36)(H,32,34,35). The van der Waals surface area contributed by atoms with Gasteiger partial charge in [-0.25, -0.2) is 9.97 Å². The fraction of sp³-hybridized carbons (Fsp3) is 0.129. The van der Waals surface area contributed by atoms with Crippen molar-refractivity contribution in [2.24, 2.45) is 0 Å². The number of carbonyl (C=O) groups is 1. The van der Waals surface area contributed by atoms with E-state index in [9.17, 15) is 4.79 Å². The highest BCUT2D eigenvalue weighted by Gasteiger charge is 2.14. The molecule has 0 aliphatic carbocycles. The van der Waals surface area contributed by atoms with E-state index in [2.05, 4.69) is 57.9 Å². The van der Waals surface area contributed by atoms with Crippen LogP contribution in [0.2, 0.25) is 0 Å². The Bertz CT molecular complexity index is 1550. The van der Waals surface area contributed by atoms with Crippen LogP contribution < -0.4 is 10.6 Å². The number of aryl methyl sites for hydroxylation is 2. The van der Waals surface area contributed by atoms with Gasteiger partial charge in [0.1, 0.15) is 0 Å². The summed E-state index contributed by atoms with van der Waals surface area (Å²) in [5, 5.41) is 7.34. The number of fused-ring (bicyclic) bond motifs is 1. The van der Waals surface area contributed by atoms with E-state index in [1.54, 1.807) is 0 Å². The smallest absolute Gasteiger partial charge is 0.251 e. The van der Waals surface area contributed by atoms with Crippen LogP contribution in [0.4, 0.5) is 11.6 Å². The van der Waals surface area contributed by atoms with Crippen molar-refractivity contribution < 1.29 is 4.79 Å². The van der Waals surface area contributed by atoms with Crippen LogP contribution in [0.25, 0.3) is 22.0 Å². The third-order valence-corrected chi connectivity index (χ3v) is 6.31. The normalized spacial score (nSPS) is 11.8. The summed E-state index contributed by atoms with van der Waals surface area (Å²) in [5.74, 6) is 0.494. The molecule has 0 radical (unpaired) electrons. The van der Waals surface area contributed by atoms with Gasteiger partial charge in [0.15, 0.2) is 0 Å². The molecule has 36 heavy (non-hydrogen) atoms. The van der Waals surface area contributed by atoms with E-state index >= 15 is 0 Å². The topological polar surface area (TPSA) is 66.9 Å². The van der Waals surface area contributed by atoms with E-state index in [1.807, 2.05) is 80.7 Å². The zero-order valence-electron chi connectivity index (χ0n) is 20.6. The van der Waals surface area contributed by atoms with Crippen LogP contribution in [0.5, 0.6) is 0 Å². The van der Waals surface area contributed by atoms with E-state index in [0.717, 1.165) is 38.8 Å². The zero-order chi connectivity index (χ0) is 25.1. The summed E-state index contributed by atoms with van der Waals surface area (Å²) in [6.45, 7) is 6.10. The fourth-order valence-electron chi connectivity index (χ4n) is 4.28. The highest BCUT2D eigenvalue weighted by Crippen LogP contribution is 2.29. The molecule has 0 fully saturated rings. The van der Waals surface area contributed by atoms with Crippen LogP contribution in [0.15, 0.2) is 97.2 Å². The van der Waals surface area contributed by atoms with Crippen molar-refractivity contribution in [3.8, 4) is 11.1 Å². The van der Waals surface area contributed by atoms with Gasteiger partial charge in [-0.15, -0.1) is 0 Å². The van der Waals surface area contributed by atoms with Gasteiger partial charge in [-0.05, 0) is 85.5 Å². The van der Waals surface area contributed by atoms with Crippen molar-refractivity contribution >= 4 is 28.4 Å². The molecule has 1 atom stereocenters. The third kappa shape index (κ3) is 5.10. The first kappa shape index (κ1) is 23.2. The predicted molar refractivity (Wildman–Crippen MR) is 146 cm³/mol. The molecule has 0 spiro atoms. The van der Waals surface area contributed by atoms with Crippen molar-refractivity contribution in [1.82, 2.24) is 15.3 Å². The molecular formula is C31H28N4O. The maximum atomic E-state index is 12.8. The molecule has 1 aromatic heterocycles. The van der Waals surface area contributed by atoms with E-state index < -0.39 is 0 Å². The highest BCUT2D eigenvalue weighted by molar-refractivity contribution is 5.94. The minimum Gasteiger partial charge on any atom is -0.346 e. The summed E-state index contributed by atoms with van der Waals surface area (Å²) in [6.07, 6.45) is 1.85. The lowest BCUT2D eigenvalue weighted by Crippen LogP contribution is -2.26. The van der Waals surface area contributed by atoms with Gasteiger partial charge >= 0.3 is 0 Å². The number of benzene rings is 4. The van der Waals surface area contributed by atoms with Gasteiger partial charge in [0.2, 0.25) is 5.95 Å². The summed E-state index contributed by atoms with van der Waals surface area (Å²) in [5.41, 5.74) is 7.99. The maximum Gasteiger partial charge on any atom is 0.251 e. The Labute approximate surface area is 211 Å². The molecule has 0 bridgehead atoms. The first-order chi connectivity index (χ1) is 17.5. The summed E-state index contributed by atoms with van der Waals surface area (Å²) >= 11 is 0. The number of nitrogens with one attached hydrogen (secondary N) is 2. The van der Waals surface area contributed by atoms with Crippen LogP contribution >= 0.6 is 0 Å². The number of para-hydroxylation sites is 1. The third-order valence-electron chi connectivity index (χ3n) is 6.31. The van der Waals surface area contributed by atoms with Gasteiger partial charge in [-0.2, -0.15) is 0 Å². The van der Waals surface area contributed by atoms with Crippen LogP contribution in [-0.2, 0) is 0 Å². The van der Waals surface area contributed by atoms with Crippen molar-refractivity contribution in [3.63, 3.8) is 0 Å². The van der Waals surface area contributed by atoms with Gasteiger partial charge in [-0.3, -0.25) is 4.79 Å². The van der Waals surface area contributed by atoms with Crippen molar-refractivity contribution in [2.45, 2.75) is 26.8 Å². The van der Waals surface area contributed by atoms with Gasteiger partial charge < -0.3 is 10.6 Å². The molecule has 5 nitrogen and oxygen atoms in total. The molecule has 5 aromatic rings. The summed E-state index contributed by atoms with van der Waals surface area (Å²) in [4.78, 5) is 21.9. The number of carbonyl (C=O) groups excluding carboxylic acids is 1. The number of aromatic nitrogens is 2. The molecule has 1 unspecified atom stereocenters. The van der Waals surface area contributed by atoms with Crippen molar-refractivity contribution in [3.05, 3.63) is 119 Å². The Morgan fingerprint density at radius 2 is 1.69 bits per heavy atom. The molecule has 5 heteroatoms. The average molecular weight is 473 g/mol. The SMILES string of the molecule is Cc1cccc(C(=O)NC(C)c2ccc(C)c(-c3ccc4nc(Nc5ccccc5)ncc4c3)c2)c1. The number of hydrogen-bond acceptors (Lipinski definition) is 4. The molecule has 0 saturated carbocycles. The largest absolute Gasteiger partial charge is 0.346 e. The first-order valence-electron chi connectivity index (χ1n) is 12.0. The fourth-order valence-corrected chi connectivity index (χ4v) is 4.28. The van der Waals surface area contributed by atoms with E-state index in [-0.39, 0.29) is 11.9 Å². The molecule has 0 aliphatic heterocycles. The summed E-state index contributed by atoms with van der Waals surface area (Å²) < 4.78 is 0. The molecule has 178 valence electrons. The Hall–Kier alpha value is -4.51.